The minimum atomic E-state index is -0.188. The van der Waals surface area contributed by atoms with E-state index in [0.717, 1.165) is 63.9 Å². The standard InChI is InChI=1S/C23H21N5OS/c29-21(12-13-22-25-18-9-3-4-10-19(18)30-22)24-17-8-6-7-16(15-17)23-27-26-20-11-2-1-5-14-28(20)23/h3-4,6-10,12-13,15H,1-2,5,11,14H2,(H,24,29)/b13-12+. The normalized spacial score (nSPS) is 14.0. The van der Waals surface area contributed by atoms with Crippen LogP contribution >= 0.6 is 11.3 Å². The van der Waals surface area contributed by atoms with E-state index in [9.17, 15) is 4.79 Å². The van der Waals surface area contributed by atoms with Crippen LogP contribution in [0.25, 0.3) is 27.7 Å². The number of benzene rings is 2. The van der Waals surface area contributed by atoms with E-state index in [1.807, 2.05) is 48.5 Å². The number of carbonyl (C=O) groups excluding carboxylic acids is 1. The number of nitrogens with one attached hydrogen (secondary N) is 1. The number of fused-ring (bicyclic) bond motifs is 2. The Bertz CT molecular complexity index is 1210. The molecule has 30 heavy (non-hydrogen) atoms. The summed E-state index contributed by atoms with van der Waals surface area (Å²) in [7, 11) is 0. The van der Waals surface area contributed by atoms with Crippen molar-refractivity contribution in [1.82, 2.24) is 19.7 Å². The van der Waals surface area contributed by atoms with E-state index in [2.05, 4.69) is 25.1 Å². The molecular weight excluding hydrogens is 394 g/mol. The van der Waals surface area contributed by atoms with E-state index in [0.29, 0.717) is 0 Å². The molecule has 1 N–H and O–H groups in total. The lowest BCUT2D eigenvalue weighted by Crippen LogP contribution is -2.08. The van der Waals surface area contributed by atoms with Gasteiger partial charge in [0.1, 0.15) is 10.8 Å². The van der Waals surface area contributed by atoms with Crippen molar-refractivity contribution in [3.8, 4) is 11.4 Å². The van der Waals surface area contributed by atoms with Crippen LogP contribution in [-0.4, -0.2) is 25.7 Å². The molecule has 5 rings (SSSR count). The molecule has 0 fully saturated rings. The Hall–Kier alpha value is -3.32. The molecule has 4 aromatic rings. The number of thiazole rings is 1. The van der Waals surface area contributed by atoms with Crippen LogP contribution in [0.2, 0.25) is 0 Å². The first-order chi connectivity index (χ1) is 14.8. The van der Waals surface area contributed by atoms with Gasteiger partial charge in [0.15, 0.2) is 5.82 Å². The summed E-state index contributed by atoms with van der Waals surface area (Å²) in [6, 6.07) is 15.7. The molecular formula is C23H21N5OS. The number of para-hydroxylation sites is 1. The molecule has 0 radical (unpaired) electrons. The Balaban J connectivity index is 1.32. The summed E-state index contributed by atoms with van der Waals surface area (Å²) >= 11 is 1.57. The van der Waals surface area contributed by atoms with E-state index in [-0.39, 0.29) is 5.91 Å². The van der Waals surface area contributed by atoms with Gasteiger partial charge in [-0.1, -0.05) is 30.7 Å². The van der Waals surface area contributed by atoms with Crippen molar-refractivity contribution >= 4 is 39.2 Å². The highest BCUT2D eigenvalue weighted by atomic mass is 32.1. The van der Waals surface area contributed by atoms with Crippen LogP contribution in [0.15, 0.2) is 54.6 Å². The second-order valence-electron chi connectivity index (χ2n) is 7.33. The first-order valence-corrected chi connectivity index (χ1v) is 10.9. The van der Waals surface area contributed by atoms with Gasteiger partial charge in [-0.25, -0.2) is 4.98 Å². The predicted octanol–water partition coefficient (Wildman–Crippen LogP) is 4.93. The van der Waals surface area contributed by atoms with Gasteiger partial charge in [-0.2, -0.15) is 0 Å². The van der Waals surface area contributed by atoms with Crippen LogP contribution in [0.3, 0.4) is 0 Å². The summed E-state index contributed by atoms with van der Waals surface area (Å²) in [5.41, 5.74) is 2.64. The third-order valence-corrected chi connectivity index (χ3v) is 6.19. The summed E-state index contributed by atoms with van der Waals surface area (Å²) in [5, 5.41) is 12.5. The zero-order chi connectivity index (χ0) is 20.3. The Kier molecular flexibility index (Phi) is 5.11. The number of anilines is 1. The maximum atomic E-state index is 12.4. The number of aryl methyl sites for hydroxylation is 1. The summed E-state index contributed by atoms with van der Waals surface area (Å²) in [4.78, 5) is 16.9. The average molecular weight is 416 g/mol. The maximum Gasteiger partial charge on any atom is 0.248 e. The van der Waals surface area contributed by atoms with Gasteiger partial charge in [0.25, 0.3) is 0 Å². The van der Waals surface area contributed by atoms with Crippen molar-refractivity contribution in [2.45, 2.75) is 32.2 Å². The molecule has 0 atom stereocenters. The van der Waals surface area contributed by atoms with Crippen molar-refractivity contribution < 1.29 is 4.79 Å². The maximum absolute atomic E-state index is 12.4. The number of nitrogens with zero attached hydrogens (tertiary/aromatic N) is 4. The first-order valence-electron chi connectivity index (χ1n) is 10.1. The number of carbonyl (C=O) groups is 1. The third-order valence-electron chi connectivity index (χ3n) is 5.19. The van der Waals surface area contributed by atoms with Crippen LogP contribution in [0.5, 0.6) is 0 Å². The van der Waals surface area contributed by atoms with Crippen LogP contribution in [0.1, 0.15) is 30.1 Å². The minimum absolute atomic E-state index is 0.188. The number of hydrogen-bond donors (Lipinski definition) is 1. The second-order valence-corrected chi connectivity index (χ2v) is 8.39. The van der Waals surface area contributed by atoms with Gasteiger partial charge in [-0.15, -0.1) is 21.5 Å². The topological polar surface area (TPSA) is 72.7 Å². The van der Waals surface area contributed by atoms with Gasteiger partial charge < -0.3 is 9.88 Å². The van der Waals surface area contributed by atoms with Crippen molar-refractivity contribution in [3.05, 3.63) is 65.4 Å². The average Bonchev–Trinajstić information content (AvgIpc) is 3.29. The van der Waals surface area contributed by atoms with E-state index < -0.39 is 0 Å². The molecule has 0 spiro atoms. The summed E-state index contributed by atoms with van der Waals surface area (Å²) in [5.74, 6) is 1.73. The monoisotopic (exact) mass is 415 g/mol. The molecule has 150 valence electrons. The smallest absolute Gasteiger partial charge is 0.248 e. The van der Waals surface area contributed by atoms with Crippen molar-refractivity contribution in [1.29, 1.82) is 0 Å². The third kappa shape index (κ3) is 3.89. The quantitative estimate of drug-likeness (QED) is 0.480. The van der Waals surface area contributed by atoms with E-state index in [1.165, 1.54) is 12.5 Å². The van der Waals surface area contributed by atoms with Gasteiger partial charge in [-0.3, -0.25) is 4.79 Å². The van der Waals surface area contributed by atoms with E-state index in [4.69, 9.17) is 0 Å². The molecule has 0 saturated carbocycles. The fraction of sp³-hybridized carbons (Fsp3) is 0.217. The highest BCUT2D eigenvalue weighted by Crippen LogP contribution is 2.25. The minimum Gasteiger partial charge on any atom is -0.322 e. The number of hydrogen-bond acceptors (Lipinski definition) is 5. The van der Waals surface area contributed by atoms with Crippen molar-refractivity contribution in [3.63, 3.8) is 0 Å². The highest BCUT2D eigenvalue weighted by molar-refractivity contribution is 7.19. The van der Waals surface area contributed by atoms with Gasteiger partial charge in [0.2, 0.25) is 5.91 Å². The molecule has 0 bridgehead atoms. The van der Waals surface area contributed by atoms with Gasteiger partial charge in [-0.05, 0) is 43.2 Å². The molecule has 1 amide bonds. The summed E-state index contributed by atoms with van der Waals surface area (Å²) in [6.45, 7) is 0.944. The molecule has 0 unspecified atom stereocenters. The van der Waals surface area contributed by atoms with E-state index >= 15 is 0 Å². The van der Waals surface area contributed by atoms with Crippen molar-refractivity contribution in [2.75, 3.05) is 5.32 Å². The highest BCUT2D eigenvalue weighted by Gasteiger charge is 2.16. The summed E-state index contributed by atoms with van der Waals surface area (Å²) in [6.07, 6.45) is 7.77. The molecule has 7 heteroatoms. The molecule has 3 heterocycles. The lowest BCUT2D eigenvalue weighted by molar-refractivity contribution is -0.111. The summed E-state index contributed by atoms with van der Waals surface area (Å²) < 4.78 is 3.32. The van der Waals surface area contributed by atoms with Crippen LogP contribution < -0.4 is 5.32 Å². The molecule has 1 aliphatic heterocycles. The lowest BCUT2D eigenvalue weighted by Gasteiger charge is -2.08. The predicted molar refractivity (Wildman–Crippen MR) is 120 cm³/mol. The number of aromatic nitrogens is 4. The van der Waals surface area contributed by atoms with Crippen LogP contribution in [0.4, 0.5) is 5.69 Å². The fourth-order valence-electron chi connectivity index (χ4n) is 3.73. The zero-order valence-corrected chi connectivity index (χ0v) is 17.2. The molecule has 1 aliphatic rings. The second kappa shape index (κ2) is 8.20. The van der Waals surface area contributed by atoms with Crippen LogP contribution in [-0.2, 0) is 17.8 Å². The van der Waals surface area contributed by atoms with Crippen molar-refractivity contribution in [2.24, 2.45) is 0 Å². The Morgan fingerprint density at radius 2 is 2.00 bits per heavy atom. The number of amides is 1. The molecule has 0 aliphatic carbocycles. The Labute approximate surface area is 178 Å². The Morgan fingerprint density at radius 1 is 1.07 bits per heavy atom. The van der Waals surface area contributed by atoms with Crippen LogP contribution in [0, 0.1) is 0 Å². The van der Waals surface area contributed by atoms with Gasteiger partial charge >= 0.3 is 0 Å². The molecule has 6 nitrogen and oxygen atoms in total. The molecule has 2 aromatic heterocycles. The first kappa shape index (κ1) is 18.7. The fourth-order valence-corrected chi connectivity index (χ4v) is 4.60. The van der Waals surface area contributed by atoms with Gasteiger partial charge in [0, 0.05) is 30.3 Å². The molecule has 2 aromatic carbocycles. The van der Waals surface area contributed by atoms with Gasteiger partial charge in [0.05, 0.1) is 10.2 Å². The molecule has 0 saturated heterocycles. The van der Waals surface area contributed by atoms with E-state index in [1.54, 1.807) is 17.4 Å². The SMILES string of the molecule is O=C(/C=C/c1nc2ccccc2s1)Nc1cccc(-c2nnc3n2CCCCC3)c1. The Morgan fingerprint density at radius 3 is 2.93 bits per heavy atom. The largest absolute Gasteiger partial charge is 0.322 e. The zero-order valence-electron chi connectivity index (χ0n) is 16.4. The lowest BCUT2D eigenvalue weighted by atomic mass is 10.2. The number of rotatable bonds is 4.